The van der Waals surface area contributed by atoms with Gasteiger partial charge in [-0.2, -0.15) is 0 Å². The van der Waals surface area contributed by atoms with Gasteiger partial charge in [0, 0.05) is 6.54 Å². The third-order valence-corrected chi connectivity index (χ3v) is 3.43. The van der Waals surface area contributed by atoms with Crippen molar-refractivity contribution in [1.82, 2.24) is 5.32 Å². The predicted octanol–water partition coefficient (Wildman–Crippen LogP) is 1.99. The first-order valence-electron chi connectivity index (χ1n) is 6.76. The Balaban J connectivity index is 1.86. The monoisotopic (exact) mass is 263 g/mol. The fourth-order valence-corrected chi connectivity index (χ4v) is 2.36. The van der Waals surface area contributed by atoms with E-state index in [1.807, 2.05) is 18.2 Å². The van der Waals surface area contributed by atoms with Crippen LogP contribution in [0.5, 0.6) is 0 Å². The summed E-state index contributed by atoms with van der Waals surface area (Å²) in [7, 11) is 1.40. The smallest absolute Gasteiger partial charge is 0.338 e. The van der Waals surface area contributed by atoms with Crippen LogP contribution in [0.2, 0.25) is 0 Å². The molecule has 1 N–H and O–H groups in total. The Bertz CT molecular complexity index is 414. The molecule has 1 aromatic carbocycles. The third-order valence-electron chi connectivity index (χ3n) is 3.43. The molecule has 1 heterocycles. The number of hydrogen-bond acceptors (Lipinski definition) is 4. The van der Waals surface area contributed by atoms with E-state index in [0.717, 1.165) is 25.3 Å². The van der Waals surface area contributed by atoms with Gasteiger partial charge in [-0.3, -0.25) is 0 Å². The first kappa shape index (κ1) is 14.0. The summed E-state index contributed by atoms with van der Waals surface area (Å²) in [6, 6.07) is 7.42. The molecule has 1 aromatic rings. The molecule has 1 aliphatic rings. The zero-order valence-electron chi connectivity index (χ0n) is 11.4. The van der Waals surface area contributed by atoms with Gasteiger partial charge in [0.2, 0.25) is 0 Å². The minimum absolute atomic E-state index is 0.307. The summed E-state index contributed by atoms with van der Waals surface area (Å²) in [6.45, 7) is 3.34. The summed E-state index contributed by atoms with van der Waals surface area (Å²) in [5, 5.41) is 3.37. The zero-order valence-corrected chi connectivity index (χ0v) is 11.4. The SMILES string of the molecule is COC(=O)c1ccccc1COCC1CCCNC1. The van der Waals surface area contributed by atoms with Crippen LogP contribution in [0.1, 0.15) is 28.8 Å². The average Bonchev–Trinajstić information content (AvgIpc) is 2.48. The molecule has 1 saturated heterocycles. The fourth-order valence-electron chi connectivity index (χ4n) is 2.36. The van der Waals surface area contributed by atoms with Gasteiger partial charge in [0.15, 0.2) is 0 Å². The first-order valence-corrected chi connectivity index (χ1v) is 6.76. The number of esters is 1. The van der Waals surface area contributed by atoms with E-state index in [-0.39, 0.29) is 5.97 Å². The van der Waals surface area contributed by atoms with Crippen LogP contribution >= 0.6 is 0 Å². The van der Waals surface area contributed by atoms with Crippen molar-refractivity contribution in [2.24, 2.45) is 5.92 Å². The number of benzene rings is 1. The van der Waals surface area contributed by atoms with Crippen molar-refractivity contribution in [3.8, 4) is 0 Å². The Morgan fingerprint density at radius 3 is 3.00 bits per heavy atom. The molecule has 0 aliphatic carbocycles. The van der Waals surface area contributed by atoms with Crippen molar-refractivity contribution in [3.05, 3.63) is 35.4 Å². The molecule has 104 valence electrons. The van der Waals surface area contributed by atoms with Crippen molar-refractivity contribution in [2.45, 2.75) is 19.4 Å². The van der Waals surface area contributed by atoms with E-state index in [1.165, 1.54) is 20.0 Å². The second kappa shape index (κ2) is 7.26. The van der Waals surface area contributed by atoms with E-state index in [1.54, 1.807) is 6.07 Å². The highest BCUT2D eigenvalue weighted by atomic mass is 16.5. The molecule has 0 spiro atoms. The van der Waals surface area contributed by atoms with Gasteiger partial charge in [-0.1, -0.05) is 18.2 Å². The summed E-state index contributed by atoms with van der Waals surface area (Å²) in [5.74, 6) is 0.276. The molecular weight excluding hydrogens is 242 g/mol. The highest BCUT2D eigenvalue weighted by molar-refractivity contribution is 5.90. The molecule has 0 radical (unpaired) electrons. The number of carbonyl (C=O) groups is 1. The van der Waals surface area contributed by atoms with Gasteiger partial charge in [-0.15, -0.1) is 0 Å². The summed E-state index contributed by atoms with van der Waals surface area (Å²) in [6.07, 6.45) is 2.43. The van der Waals surface area contributed by atoms with E-state index in [9.17, 15) is 4.79 Å². The third kappa shape index (κ3) is 4.04. The van der Waals surface area contributed by atoms with Crippen LogP contribution in [-0.2, 0) is 16.1 Å². The van der Waals surface area contributed by atoms with Crippen LogP contribution in [0.4, 0.5) is 0 Å². The highest BCUT2D eigenvalue weighted by Gasteiger charge is 2.14. The summed E-state index contributed by atoms with van der Waals surface area (Å²) < 4.78 is 10.5. The van der Waals surface area contributed by atoms with Gasteiger partial charge < -0.3 is 14.8 Å². The van der Waals surface area contributed by atoms with Crippen molar-refractivity contribution in [3.63, 3.8) is 0 Å². The zero-order chi connectivity index (χ0) is 13.5. The topological polar surface area (TPSA) is 47.6 Å². The van der Waals surface area contributed by atoms with Crippen LogP contribution in [0, 0.1) is 5.92 Å². The number of methoxy groups -OCH3 is 1. The summed E-state index contributed by atoms with van der Waals surface area (Å²) >= 11 is 0. The predicted molar refractivity (Wildman–Crippen MR) is 73.0 cm³/mol. The minimum Gasteiger partial charge on any atom is -0.465 e. The number of hydrogen-bond donors (Lipinski definition) is 1. The van der Waals surface area contributed by atoms with Crippen LogP contribution in [0.25, 0.3) is 0 Å². The van der Waals surface area contributed by atoms with Crippen LogP contribution in [0.15, 0.2) is 24.3 Å². The van der Waals surface area contributed by atoms with Crippen molar-refractivity contribution < 1.29 is 14.3 Å². The molecular formula is C15H21NO3. The quantitative estimate of drug-likeness (QED) is 0.825. The van der Waals surface area contributed by atoms with Gasteiger partial charge in [-0.05, 0) is 36.9 Å². The Kier molecular flexibility index (Phi) is 5.36. The Morgan fingerprint density at radius 2 is 2.26 bits per heavy atom. The molecule has 4 heteroatoms. The summed E-state index contributed by atoms with van der Waals surface area (Å²) in [5.41, 5.74) is 1.48. The second-order valence-corrected chi connectivity index (χ2v) is 4.88. The minimum atomic E-state index is -0.307. The highest BCUT2D eigenvalue weighted by Crippen LogP contribution is 2.14. The lowest BCUT2D eigenvalue weighted by Gasteiger charge is -2.22. The summed E-state index contributed by atoms with van der Waals surface area (Å²) in [4.78, 5) is 11.6. The molecule has 1 aliphatic heterocycles. The van der Waals surface area contributed by atoms with Crippen molar-refractivity contribution >= 4 is 5.97 Å². The van der Waals surface area contributed by atoms with Gasteiger partial charge in [0.1, 0.15) is 0 Å². The van der Waals surface area contributed by atoms with E-state index in [4.69, 9.17) is 9.47 Å². The number of nitrogens with one attached hydrogen (secondary N) is 1. The van der Waals surface area contributed by atoms with Gasteiger partial charge in [-0.25, -0.2) is 4.79 Å². The largest absolute Gasteiger partial charge is 0.465 e. The second-order valence-electron chi connectivity index (χ2n) is 4.88. The molecule has 2 rings (SSSR count). The molecule has 0 amide bonds. The molecule has 1 atom stereocenters. The maximum absolute atomic E-state index is 11.6. The Labute approximate surface area is 114 Å². The van der Waals surface area contributed by atoms with Crippen molar-refractivity contribution in [1.29, 1.82) is 0 Å². The van der Waals surface area contributed by atoms with Crippen LogP contribution < -0.4 is 5.32 Å². The number of piperidine rings is 1. The van der Waals surface area contributed by atoms with Gasteiger partial charge in [0.25, 0.3) is 0 Å². The van der Waals surface area contributed by atoms with E-state index in [0.29, 0.717) is 18.1 Å². The normalized spacial score (nSPS) is 19.1. The lowest BCUT2D eigenvalue weighted by Crippen LogP contribution is -2.32. The van der Waals surface area contributed by atoms with Crippen LogP contribution in [0.3, 0.4) is 0 Å². The standard InChI is InChI=1S/C15H21NO3/c1-18-15(17)14-7-3-2-6-13(14)11-19-10-12-5-4-8-16-9-12/h2-3,6-7,12,16H,4-5,8-11H2,1H3. The number of rotatable bonds is 5. The molecule has 0 bridgehead atoms. The van der Waals surface area contributed by atoms with E-state index < -0.39 is 0 Å². The first-order chi connectivity index (χ1) is 9.31. The molecule has 1 unspecified atom stereocenters. The van der Waals surface area contributed by atoms with E-state index >= 15 is 0 Å². The molecule has 19 heavy (non-hydrogen) atoms. The number of ether oxygens (including phenoxy) is 2. The van der Waals surface area contributed by atoms with Gasteiger partial charge >= 0.3 is 5.97 Å². The van der Waals surface area contributed by atoms with Gasteiger partial charge in [0.05, 0.1) is 25.9 Å². The molecule has 4 nitrogen and oxygen atoms in total. The van der Waals surface area contributed by atoms with Crippen molar-refractivity contribution in [2.75, 3.05) is 26.8 Å². The fraction of sp³-hybridized carbons (Fsp3) is 0.533. The maximum Gasteiger partial charge on any atom is 0.338 e. The molecule has 1 fully saturated rings. The lowest BCUT2D eigenvalue weighted by atomic mass is 10.0. The molecule has 0 aromatic heterocycles. The molecule has 0 saturated carbocycles. The maximum atomic E-state index is 11.6. The number of carbonyl (C=O) groups excluding carboxylic acids is 1. The average molecular weight is 263 g/mol. The Hall–Kier alpha value is -1.39. The Morgan fingerprint density at radius 1 is 1.42 bits per heavy atom. The van der Waals surface area contributed by atoms with E-state index in [2.05, 4.69) is 5.32 Å². The van der Waals surface area contributed by atoms with Crippen LogP contribution in [-0.4, -0.2) is 32.8 Å². The lowest BCUT2D eigenvalue weighted by molar-refractivity contribution is 0.0580.